The molecule has 112 valence electrons. The van der Waals surface area contributed by atoms with Crippen molar-refractivity contribution in [2.75, 3.05) is 26.8 Å². The Morgan fingerprint density at radius 2 is 1.81 bits per heavy atom. The summed E-state index contributed by atoms with van der Waals surface area (Å²) in [4.78, 5) is 0. The van der Waals surface area contributed by atoms with Crippen LogP contribution in [0.25, 0.3) is 0 Å². The molecule has 0 bridgehead atoms. The fourth-order valence-electron chi connectivity index (χ4n) is 2.09. The van der Waals surface area contributed by atoms with Crippen LogP contribution in [0.15, 0.2) is 54.6 Å². The molecule has 3 N–H and O–H groups in total. The standard InChI is InChI=1S/C17H22N2O2/c1-20-11-10-19-17(13-18)14-6-5-9-16(12-14)21-15-7-3-2-4-8-15/h2-9,12,17,19H,10-11,13,18H2,1H3. The molecule has 1 atom stereocenters. The first kappa shape index (κ1) is 15.5. The van der Waals surface area contributed by atoms with Gasteiger partial charge in [0.2, 0.25) is 0 Å². The van der Waals surface area contributed by atoms with Crippen molar-refractivity contribution in [2.24, 2.45) is 5.73 Å². The van der Waals surface area contributed by atoms with Gasteiger partial charge in [-0.15, -0.1) is 0 Å². The molecule has 0 spiro atoms. The average molecular weight is 286 g/mol. The fraction of sp³-hybridized carbons (Fsp3) is 0.294. The number of rotatable bonds is 8. The lowest BCUT2D eigenvalue weighted by atomic mass is 10.1. The largest absolute Gasteiger partial charge is 0.457 e. The van der Waals surface area contributed by atoms with Crippen molar-refractivity contribution in [1.29, 1.82) is 0 Å². The van der Waals surface area contributed by atoms with Crippen molar-refractivity contribution in [3.05, 3.63) is 60.2 Å². The normalized spacial score (nSPS) is 12.1. The molecule has 0 saturated carbocycles. The Morgan fingerprint density at radius 1 is 1.05 bits per heavy atom. The maximum atomic E-state index is 5.85. The van der Waals surface area contributed by atoms with Gasteiger partial charge in [-0.2, -0.15) is 0 Å². The molecular formula is C17H22N2O2. The van der Waals surface area contributed by atoms with Gasteiger partial charge in [-0.3, -0.25) is 0 Å². The summed E-state index contributed by atoms with van der Waals surface area (Å²) in [5, 5.41) is 3.37. The van der Waals surface area contributed by atoms with E-state index in [1.807, 2.05) is 48.5 Å². The molecule has 0 aromatic heterocycles. The van der Waals surface area contributed by atoms with E-state index in [0.717, 1.165) is 23.6 Å². The summed E-state index contributed by atoms with van der Waals surface area (Å²) in [7, 11) is 1.69. The van der Waals surface area contributed by atoms with Crippen molar-refractivity contribution in [3.63, 3.8) is 0 Å². The average Bonchev–Trinajstić information content (AvgIpc) is 2.53. The molecule has 4 heteroatoms. The van der Waals surface area contributed by atoms with Gasteiger partial charge < -0.3 is 20.5 Å². The molecule has 0 aliphatic heterocycles. The molecule has 1 unspecified atom stereocenters. The third-order valence-corrected chi connectivity index (χ3v) is 3.17. The monoisotopic (exact) mass is 286 g/mol. The molecule has 2 aromatic rings. The Kier molecular flexibility index (Phi) is 6.22. The number of methoxy groups -OCH3 is 1. The van der Waals surface area contributed by atoms with Crippen LogP contribution in [0.1, 0.15) is 11.6 Å². The van der Waals surface area contributed by atoms with Crippen LogP contribution >= 0.6 is 0 Å². The van der Waals surface area contributed by atoms with E-state index in [0.29, 0.717) is 13.2 Å². The molecule has 0 heterocycles. The van der Waals surface area contributed by atoms with Crippen molar-refractivity contribution < 1.29 is 9.47 Å². The van der Waals surface area contributed by atoms with Gasteiger partial charge in [-0.05, 0) is 29.8 Å². The minimum absolute atomic E-state index is 0.0967. The maximum Gasteiger partial charge on any atom is 0.127 e. The van der Waals surface area contributed by atoms with Crippen molar-refractivity contribution >= 4 is 0 Å². The number of nitrogens with one attached hydrogen (secondary N) is 1. The molecular weight excluding hydrogens is 264 g/mol. The smallest absolute Gasteiger partial charge is 0.127 e. The second kappa shape index (κ2) is 8.42. The van der Waals surface area contributed by atoms with Crippen LogP contribution in [0.4, 0.5) is 0 Å². The number of ether oxygens (including phenoxy) is 2. The molecule has 0 amide bonds. The van der Waals surface area contributed by atoms with E-state index in [4.69, 9.17) is 15.2 Å². The Balaban J connectivity index is 2.05. The van der Waals surface area contributed by atoms with Crippen molar-refractivity contribution in [2.45, 2.75) is 6.04 Å². The number of nitrogens with two attached hydrogens (primary N) is 1. The topological polar surface area (TPSA) is 56.5 Å². The van der Waals surface area contributed by atoms with E-state index in [2.05, 4.69) is 11.4 Å². The van der Waals surface area contributed by atoms with Gasteiger partial charge in [-0.1, -0.05) is 30.3 Å². The van der Waals surface area contributed by atoms with Gasteiger partial charge in [0.25, 0.3) is 0 Å². The maximum absolute atomic E-state index is 5.85. The summed E-state index contributed by atoms with van der Waals surface area (Å²) < 4.78 is 10.9. The Labute approximate surface area is 125 Å². The highest BCUT2D eigenvalue weighted by Crippen LogP contribution is 2.24. The zero-order valence-corrected chi connectivity index (χ0v) is 12.3. The summed E-state index contributed by atoms with van der Waals surface area (Å²) in [6.45, 7) is 1.96. The Hall–Kier alpha value is -1.88. The predicted octanol–water partition coefficient (Wildman–Crippen LogP) is 2.71. The minimum atomic E-state index is 0.0967. The van der Waals surface area contributed by atoms with E-state index < -0.39 is 0 Å². The van der Waals surface area contributed by atoms with Gasteiger partial charge >= 0.3 is 0 Å². The van der Waals surface area contributed by atoms with Crippen LogP contribution in [0.5, 0.6) is 11.5 Å². The number of para-hydroxylation sites is 1. The second-order valence-electron chi connectivity index (χ2n) is 4.72. The molecule has 0 aliphatic rings. The van der Waals surface area contributed by atoms with Crippen LogP contribution < -0.4 is 15.8 Å². The Morgan fingerprint density at radius 3 is 2.52 bits per heavy atom. The predicted molar refractivity (Wildman–Crippen MR) is 84.6 cm³/mol. The molecule has 0 aliphatic carbocycles. The summed E-state index contributed by atoms with van der Waals surface area (Å²) in [5.74, 6) is 1.64. The molecule has 4 nitrogen and oxygen atoms in total. The summed E-state index contributed by atoms with van der Waals surface area (Å²) >= 11 is 0. The lowest BCUT2D eigenvalue weighted by Gasteiger charge is -2.18. The first-order chi connectivity index (χ1) is 10.3. The molecule has 0 saturated heterocycles. The van der Waals surface area contributed by atoms with Gasteiger partial charge in [0, 0.05) is 26.2 Å². The number of hydrogen-bond acceptors (Lipinski definition) is 4. The zero-order chi connectivity index (χ0) is 14.9. The third kappa shape index (κ3) is 4.86. The molecule has 21 heavy (non-hydrogen) atoms. The van der Waals surface area contributed by atoms with Gasteiger partial charge in [0.15, 0.2) is 0 Å². The fourth-order valence-corrected chi connectivity index (χ4v) is 2.09. The highest BCUT2D eigenvalue weighted by Gasteiger charge is 2.09. The van der Waals surface area contributed by atoms with Crippen molar-refractivity contribution in [1.82, 2.24) is 5.32 Å². The lowest BCUT2D eigenvalue weighted by molar-refractivity contribution is 0.196. The lowest BCUT2D eigenvalue weighted by Crippen LogP contribution is -2.30. The molecule has 0 fully saturated rings. The number of benzene rings is 2. The summed E-state index contributed by atoms with van der Waals surface area (Å²) in [5.41, 5.74) is 6.96. The highest BCUT2D eigenvalue weighted by atomic mass is 16.5. The highest BCUT2D eigenvalue weighted by molar-refractivity contribution is 5.35. The molecule has 0 radical (unpaired) electrons. The first-order valence-corrected chi connectivity index (χ1v) is 7.08. The quantitative estimate of drug-likeness (QED) is 0.733. The van der Waals surface area contributed by atoms with E-state index in [9.17, 15) is 0 Å². The zero-order valence-electron chi connectivity index (χ0n) is 12.3. The summed E-state index contributed by atoms with van der Waals surface area (Å²) in [6, 6.07) is 17.8. The van der Waals surface area contributed by atoms with E-state index in [1.54, 1.807) is 7.11 Å². The first-order valence-electron chi connectivity index (χ1n) is 7.08. The third-order valence-electron chi connectivity index (χ3n) is 3.17. The van der Waals surface area contributed by atoms with Gasteiger partial charge in [-0.25, -0.2) is 0 Å². The molecule has 2 rings (SSSR count). The van der Waals surface area contributed by atoms with E-state index in [-0.39, 0.29) is 6.04 Å². The number of hydrogen-bond donors (Lipinski definition) is 2. The van der Waals surface area contributed by atoms with Crippen LogP contribution in [-0.4, -0.2) is 26.8 Å². The van der Waals surface area contributed by atoms with E-state index >= 15 is 0 Å². The Bertz CT molecular complexity index is 531. The van der Waals surface area contributed by atoms with Crippen molar-refractivity contribution in [3.8, 4) is 11.5 Å². The van der Waals surface area contributed by atoms with Crippen LogP contribution in [0.3, 0.4) is 0 Å². The van der Waals surface area contributed by atoms with E-state index in [1.165, 1.54) is 0 Å². The van der Waals surface area contributed by atoms with Crippen LogP contribution in [-0.2, 0) is 4.74 Å². The van der Waals surface area contributed by atoms with Gasteiger partial charge in [0.05, 0.1) is 6.61 Å². The molecule has 2 aromatic carbocycles. The SMILES string of the molecule is COCCNC(CN)c1cccc(Oc2ccccc2)c1. The van der Waals surface area contributed by atoms with Gasteiger partial charge in [0.1, 0.15) is 11.5 Å². The second-order valence-corrected chi connectivity index (χ2v) is 4.72. The van der Waals surface area contributed by atoms with Crippen LogP contribution in [0, 0.1) is 0 Å². The summed E-state index contributed by atoms with van der Waals surface area (Å²) in [6.07, 6.45) is 0. The minimum Gasteiger partial charge on any atom is -0.457 e. The van der Waals surface area contributed by atoms with Crippen LogP contribution in [0.2, 0.25) is 0 Å².